The largest absolute Gasteiger partial charge is 0.425 e. The van der Waals surface area contributed by atoms with Crippen molar-refractivity contribution in [3.8, 4) is 0 Å². The lowest BCUT2D eigenvalue weighted by atomic mass is 9.89. The lowest BCUT2D eigenvalue weighted by Crippen LogP contribution is -2.64. The molecule has 2 atom stereocenters. The van der Waals surface area contributed by atoms with E-state index >= 15 is 0 Å². The van der Waals surface area contributed by atoms with Gasteiger partial charge in [0.2, 0.25) is 21.2 Å². The Bertz CT molecular complexity index is 393. The summed E-state index contributed by atoms with van der Waals surface area (Å²) < 4.78 is 110. The molecule has 0 aromatic carbocycles. The molecule has 10 heteroatoms. The first-order valence-electron chi connectivity index (χ1n) is 4.02. The van der Waals surface area contributed by atoms with E-state index in [0.29, 0.717) is 0 Å². The molecule has 0 radical (unpaired) electrons. The van der Waals surface area contributed by atoms with Crippen LogP contribution in [0.1, 0.15) is 13.8 Å². The molecule has 0 amide bonds. The Morgan fingerprint density at radius 3 is 1.24 bits per heavy atom. The maximum Gasteiger partial charge on any atom is 0.425 e. The highest BCUT2D eigenvalue weighted by molar-refractivity contribution is 7.91. The summed E-state index contributed by atoms with van der Waals surface area (Å²) in [7, 11) is -5.55. The monoisotopic (exact) mass is 290 g/mol. The van der Waals surface area contributed by atoms with Crippen molar-refractivity contribution in [3.63, 3.8) is 0 Å². The number of hydrogen-bond donors (Lipinski definition) is 0. The van der Waals surface area contributed by atoms with Gasteiger partial charge in [0, 0.05) is 6.26 Å². The molecular weight excluding hydrogens is 281 g/mol. The highest BCUT2D eigenvalue weighted by Crippen LogP contribution is 2.52. The first-order valence-corrected chi connectivity index (χ1v) is 5.91. The van der Waals surface area contributed by atoms with Crippen molar-refractivity contribution in [1.29, 1.82) is 0 Å². The van der Waals surface area contributed by atoms with Crippen molar-refractivity contribution in [3.05, 3.63) is 0 Å². The highest BCUT2D eigenvalue weighted by Gasteiger charge is 2.76. The Morgan fingerprint density at radius 2 is 1.06 bits per heavy atom. The van der Waals surface area contributed by atoms with E-state index in [9.17, 15) is 39.2 Å². The standard InChI is InChI=1S/C7H9F7O2S/c1-4(8,6(10,11)12)5(2,9)7(13,14)17(3,15)16/h1-3H3. The third kappa shape index (κ3) is 2.23. The van der Waals surface area contributed by atoms with Crippen LogP contribution in [0.2, 0.25) is 0 Å². The summed E-state index contributed by atoms with van der Waals surface area (Å²) in [5.41, 5.74) is -9.97. The summed E-state index contributed by atoms with van der Waals surface area (Å²) in [6, 6.07) is 0. The summed E-state index contributed by atoms with van der Waals surface area (Å²) in [5.74, 6) is 0. The minimum Gasteiger partial charge on any atom is -0.232 e. The second kappa shape index (κ2) is 3.72. The third-order valence-corrected chi connectivity index (χ3v) is 3.74. The molecule has 0 spiro atoms. The zero-order chi connectivity index (χ0) is 14.5. The van der Waals surface area contributed by atoms with Gasteiger partial charge in [-0.05, 0) is 13.8 Å². The molecule has 0 fully saturated rings. The zero-order valence-corrected chi connectivity index (χ0v) is 9.69. The predicted molar refractivity (Wildman–Crippen MR) is 44.9 cm³/mol. The predicted octanol–water partition coefficient (Wildman–Crippen LogP) is 2.64. The average Bonchev–Trinajstić information content (AvgIpc) is 1.98. The molecular formula is C7H9F7O2S. The van der Waals surface area contributed by atoms with E-state index in [-0.39, 0.29) is 6.26 Å². The van der Waals surface area contributed by atoms with Gasteiger partial charge in [0.05, 0.1) is 0 Å². The van der Waals surface area contributed by atoms with Crippen LogP contribution in [0, 0.1) is 0 Å². The Labute approximate surface area is 92.7 Å². The minimum absolute atomic E-state index is 0.183. The van der Waals surface area contributed by atoms with Crippen LogP contribution in [0.25, 0.3) is 0 Å². The molecule has 17 heavy (non-hydrogen) atoms. The normalized spacial score (nSPS) is 21.8. The van der Waals surface area contributed by atoms with Gasteiger partial charge in [-0.3, -0.25) is 0 Å². The van der Waals surface area contributed by atoms with Crippen LogP contribution in [-0.2, 0) is 9.84 Å². The Morgan fingerprint density at radius 1 is 0.765 bits per heavy atom. The molecule has 0 aromatic heterocycles. The fourth-order valence-electron chi connectivity index (χ4n) is 0.888. The molecule has 0 N–H and O–H groups in total. The molecule has 2 unspecified atom stereocenters. The molecule has 0 bridgehead atoms. The van der Waals surface area contributed by atoms with Gasteiger partial charge >= 0.3 is 11.4 Å². The van der Waals surface area contributed by atoms with Crippen LogP contribution < -0.4 is 0 Å². The van der Waals surface area contributed by atoms with E-state index in [1.165, 1.54) is 0 Å². The SMILES string of the molecule is CC(F)(C(F)(F)F)C(C)(F)C(F)(F)S(C)(=O)=O. The van der Waals surface area contributed by atoms with Gasteiger partial charge in [0.1, 0.15) is 0 Å². The first kappa shape index (κ1) is 16.5. The zero-order valence-electron chi connectivity index (χ0n) is 8.87. The summed E-state index contributed by atoms with van der Waals surface area (Å²) in [5, 5.41) is -5.51. The molecule has 2 nitrogen and oxygen atoms in total. The van der Waals surface area contributed by atoms with Crippen molar-refractivity contribution in [2.75, 3.05) is 6.26 Å². The lowest BCUT2D eigenvalue weighted by Gasteiger charge is -2.38. The Hall–Kier alpha value is -0.540. The van der Waals surface area contributed by atoms with Crippen LogP contribution in [0.3, 0.4) is 0 Å². The smallest absolute Gasteiger partial charge is 0.232 e. The fraction of sp³-hybridized carbons (Fsp3) is 1.00. The molecule has 0 aliphatic carbocycles. The van der Waals surface area contributed by atoms with E-state index < -0.39 is 46.5 Å². The molecule has 0 heterocycles. The van der Waals surface area contributed by atoms with Crippen molar-refractivity contribution < 1.29 is 39.2 Å². The van der Waals surface area contributed by atoms with Gasteiger partial charge in [-0.15, -0.1) is 0 Å². The molecule has 0 aliphatic rings. The van der Waals surface area contributed by atoms with Gasteiger partial charge in [0.15, 0.2) is 0 Å². The second-order valence-corrected chi connectivity index (χ2v) is 5.85. The molecule has 104 valence electrons. The molecule has 0 rings (SSSR count). The lowest BCUT2D eigenvalue weighted by molar-refractivity contribution is -0.288. The van der Waals surface area contributed by atoms with Crippen molar-refractivity contribution in [2.24, 2.45) is 0 Å². The van der Waals surface area contributed by atoms with Crippen LogP contribution in [-0.4, -0.2) is 37.4 Å². The number of sulfone groups is 1. The topological polar surface area (TPSA) is 34.1 Å². The van der Waals surface area contributed by atoms with Crippen molar-refractivity contribution in [2.45, 2.75) is 36.6 Å². The van der Waals surface area contributed by atoms with Gasteiger partial charge in [-0.1, -0.05) is 0 Å². The summed E-state index contributed by atoms with van der Waals surface area (Å²) >= 11 is 0. The van der Waals surface area contributed by atoms with Gasteiger partial charge in [0.25, 0.3) is 0 Å². The second-order valence-electron chi connectivity index (χ2n) is 3.79. The summed E-state index contributed by atoms with van der Waals surface area (Å²) in [6.45, 7) is -0.923. The van der Waals surface area contributed by atoms with E-state index in [4.69, 9.17) is 0 Å². The van der Waals surface area contributed by atoms with Crippen LogP contribution in [0.5, 0.6) is 0 Å². The van der Waals surface area contributed by atoms with Crippen LogP contribution >= 0.6 is 0 Å². The first-order chi connectivity index (χ1) is 7.00. The van der Waals surface area contributed by atoms with Crippen molar-refractivity contribution in [1.82, 2.24) is 0 Å². The third-order valence-electron chi connectivity index (χ3n) is 2.43. The molecule has 0 saturated heterocycles. The van der Waals surface area contributed by atoms with E-state index in [1.54, 1.807) is 0 Å². The molecule has 0 aromatic rings. The summed E-state index contributed by atoms with van der Waals surface area (Å²) in [6.07, 6.45) is -6.16. The van der Waals surface area contributed by atoms with Crippen LogP contribution in [0.4, 0.5) is 30.7 Å². The average molecular weight is 290 g/mol. The quantitative estimate of drug-likeness (QED) is 0.749. The molecule has 0 aliphatic heterocycles. The van der Waals surface area contributed by atoms with Gasteiger partial charge in [-0.2, -0.15) is 22.0 Å². The van der Waals surface area contributed by atoms with Crippen molar-refractivity contribution >= 4 is 9.84 Å². The van der Waals surface area contributed by atoms with E-state index in [2.05, 4.69) is 0 Å². The maximum absolute atomic E-state index is 13.4. The fourth-order valence-corrected chi connectivity index (χ4v) is 1.78. The van der Waals surface area contributed by atoms with Gasteiger partial charge < -0.3 is 0 Å². The Balaban J connectivity index is 5.91. The van der Waals surface area contributed by atoms with E-state index in [1.807, 2.05) is 0 Å². The Kier molecular flexibility index (Phi) is 3.61. The minimum atomic E-state index is -5.98. The number of hydrogen-bond acceptors (Lipinski definition) is 2. The highest BCUT2D eigenvalue weighted by atomic mass is 32.2. The number of alkyl halides is 7. The van der Waals surface area contributed by atoms with Gasteiger partial charge in [-0.25, -0.2) is 17.2 Å². The number of rotatable bonds is 3. The van der Waals surface area contributed by atoms with Crippen LogP contribution in [0.15, 0.2) is 0 Å². The van der Waals surface area contributed by atoms with E-state index in [0.717, 1.165) is 0 Å². The maximum atomic E-state index is 13.4. The molecule has 0 saturated carbocycles. The number of halogens is 7. The summed E-state index contributed by atoms with van der Waals surface area (Å²) in [4.78, 5) is 0.